The van der Waals surface area contributed by atoms with Gasteiger partial charge in [-0.1, -0.05) is 27.2 Å². The lowest BCUT2D eigenvalue weighted by Gasteiger charge is -2.15. The van der Waals surface area contributed by atoms with E-state index < -0.39 is 0 Å². The van der Waals surface area contributed by atoms with Gasteiger partial charge in [0.15, 0.2) is 5.78 Å². The van der Waals surface area contributed by atoms with Crippen molar-refractivity contribution < 1.29 is 4.79 Å². The summed E-state index contributed by atoms with van der Waals surface area (Å²) in [5.74, 6) is 2.64. The molecule has 2 aliphatic carbocycles. The third kappa shape index (κ3) is 2.04. The number of carbonyl (C=O) groups excluding carboxylic acids is 1. The van der Waals surface area contributed by atoms with Crippen molar-refractivity contribution in [3.63, 3.8) is 0 Å². The van der Waals surface area contributed by atoms with Gasteiger partial charge in [-0.15, -0.1) is 0 Å². The van der Waals surface area contributed by atoms with E-state index in [1.165, 1.54) is 42.6 Å². The lowest BCUT2D eigenvalue weighted by molar-refractivity contribution is 0.101. The maximum atomic E-state index is 12.1. The van der Waals surface area contributed by atoms with Gasteiger partial charge in [0, 0.05) is 23.5 Å². The minimum Gasteiger partial charge on any atom is -0.348 e. The first-order valence-electron chi connectivity index (χ1n) is 8.33. The third-order valence-corrected chi connectivity index (χ3v) is 5.50. The van der Waals surface area contributed by atoms with Crippen molar-refractivity contribution in [1.29, 1.82) is 0 Å². The largest absolute Gasteiger partial charge is 0.348 e. The molecule has 1 aromatic rings. The van der Waals surface area contributed by atoms with E-state index >= 15 is 0 Å². The molecule has 1 aromatic heterocycles. The summed E-state index contributed by atoms with van der Waals surface area (Å²) < 4.78 is 2.52. The molecule has 3 rings (SSSR count). The molecule has 0 aliphatic heterocycles. The minimum absolute atomic E-state index is 0.285. The number of fused-ring (bicyclic) bond motifs is 3. The number of carbonyl (C=O) groups is 1. The van der Waals surface area contributed by atoms with Crippen molar-refractivity contribution in [2.24, 2.45) is 11.8 Å². The van der Waals surface area contributed by atoms with Gasteiger partial charge in [-0.05, 0) is 55.9 Å². The van der Waals surface area contributed by atoms with Crippen LogP contribution in [0.15, 0.2) is 0 Å². The number of nitrogens with zero attached hydrogens (tertiary/aromatic N) is 1. The number of Topliss-reactive ketones (excluding diaryl/α,β-unsaturated/α-hetero) is 1. The van der Waals surface area contributed by atoms with Gasteiger partial charge in [-0.3, -0.25) is 4.79 Å². The van der Waals surface area contributed by atoms with Gasteiger partial charge in [-0.2, -0.15) is 0 Å². The van der Waals surface area contributed by atoms with Crippen LogP contribution in [-0.4, -0.2) is 10.4 Å². The number of hydrogen-bond donors (Lipinski definition) is 0. The van der Waals surface area contributed by atoms with Crippen molar-refractivity contribution >= 4 is 5.78 Å². The summed E-state index contributed by atoms with van der Waals surface area (Å²) in [4.78, 5) is 12.1. The van der Waals surface area contributed by atoms with Gasteiger partial charge in [0.1, 0.15) is 0 Å². The summed E-state index contributed by atoms with van der Waals surface area (Å²) >= 11 is 0. The lowest BCUT2D eigenvalue weighted by atomic mass is 10.0. The average Bonchev–Trinajstić information content (AvgIpc) is 2.98. The predicted molar refractivity (Wildman–Crippen MR) is 82.4 cm³/mol. The SMILES string of the molecule is CCc1c(C(C)=O)c2c(n1CCC(C)CC)CC1CC21. The van der Waals surface area contributed by atoms with Crippen LogP contribution >= 0.6 is 0 Å². The van der Waals surface area contributed by atoms with Gasteiger partial charge in [0.2, 0.25) is 0 Å². The maximum Gasteiger partial charge on any atom is 0.161 e. The van der Waals surface area contributed by atoms with E-state index in [9.17, 15) is 4.79 Å². The van der Waals surface area contributed by atoms with Crippen LogP contribution in [0.3, 0.4) is 0 Å². The summed E-state index contributed by atoms with van der Waals surface area (Å²) in [6.45, 7) is 9.65. The second kappa shape index (κ2) is 5.05. The van der Waals surface area contributed by atoms with Crippen LogP contribution in [0.2, 0.25) is 0 Å². The average molecular weight is 273 g/mol. The van der Waals surface area contributed by atoms with Crippen LogP contribution in [0.25, 0.3) is 0 Å². The van der Waals surface area contributed by atoms with E-state index in [1.807, 2.05) is 0 Å². The van der Waals surface area contributed by atoms with Gasteiger partial charge >= 0.3 is 0 Å². The Hall–Kier alpha value is -1.05. The first kappa shape index (κ1) is 13.9. The molecule has 1 saturated carbocycles. The van der Waals surface area contributed by atoms with E-state index in [2.05, 4.69) is 25.3 Å². The second-order valence-electron chi connectivity index (χ2n) is 6.85. The molecule has 2 nitrogen and oxygen atoms in total. The topological polar surface area (TPSA) is 22.0 Å². The molecule has 0 bridgehead atoms. The molecule has 2 heteroatoms. The Morgan fingerprint density at radius 3 is 2.75 bits per heavy atom. The van der Waals surface area contributed by atoms with Crippen molar-refractivity contribution in [1.82, 2.24) is 4.57 Å². The lowest BCUT2D eigenvalue weighted by Crippen LogP contribution is -2.11. The molecule has 0 aromatic carbocycles. The highest BCUT2D eigenvalue weighted by Crippen LogP contribution is 2.58. The summed E-state index contributed by atoms with van der Waals surface area (Å²) in [7, 11) is 0. The van der Waals surface area contributed by atoms with Gasteiger partial charge in [0.25, 0.3) is 0 Å². The van der Waals surface area contributed by atoms with Crippen LogP contribution in [-0.2, 0) is 19.4 Å². The van der Waals surface area contributed by atoms with Crippen LogP contribution < -0.4 is 0 Å². The number of rotatable bonds is 6. The molecule has 3 unspecified atom stereocenters. The minimum atomic E-state index is 0.285. The van der Waals surface area contributed by atoms with Crippen molar-refractivity contribution in [2.45, 2.75) is 72.3 Å². The summed E-state index contributed by atoms with van der Waals surface area (Å²) in [6, 6.07) is 0. The fourth-order valence-corrected chi connectivity index (χ4v) is 4.02. The summed E-state index contributed by atoms with van der Waals surface area (Å²) in [6.07, 6.45) is 6.01. The molecular weight excluding hydrogens is 246 g/mol. The van der Waals surface area contributed by atoms with E-state index in [4.69, 9.17) is 0 Å². The number of hydrogen-bond acceptors (Lipinski definition) is 1. The maximum absolute atomic E-state index is 12.1. The van der Waals surface area contributed by atoms with Crippen LogP contribution in [0.1, 0.15) is 80.2 Å². The van der Waals surface area contributed by atoms with Gasteiger partial charge in [0.05, 0.1) is 0 Å². The molecule has 1 fully saturated rings. The zero-order chi connectivity index (χ0) is 14.4. The number of ketones is 1. The molecule has 110 valence electrons. The first-order chi connectivity index (χ1) is 9.58. The highest BCUT2D eigenvalue weighted by molar-refractivity contribution is 5.98. The Labute approximate surface area is 122 Å². The van der Waals surface area contributed by atoms with Gasteiger partial charge < -0.3 is 4.57 Å². The summed E-state index contributed by atoms with van der Waals surface area (Å²) in [5, 5.41) is 0. The monoisotopic (exact) mass is 273 g/mol. The first-order valence-corrected chi connectivity index (χ1v) is 8.33. The third-order valence-electron chi connectivity index (χ3n) is 5.50. The zero-order valence-corrected chi connectivity index (χ0v) is 13.3. The van der Waals surface area contributed by atoms with Gasteiger partial charge in [-0.25, -0.2) is 0 Å². The molecule has 0 N–H and O–H groups in total. The van der Waals surface area contributed by atoms with E-state index in [1.54, 1.807) is 6.92 Å². The quantitative estimate of drug-likeness (QED) is 0.706. The van der Waals surface area contributed by atoms with E-state index in [0.717, 1.165) is 36.3 Å². The Balaban J connectivity index is 1.98. The molecule has 2 aliphatic rings. The smallest absolute Gasteiger partial charge is 0.161 e. The Morgan fingerprint density at radius 1 is 1.40 bits per heavy atom. The molecular formula is C18H27NO. The van der Waals surface area contributed by atoms with Crippen molar-refractivity contribution in [3.8, 4) is 0 Å². The predicted octanol–water partition coefficient (Wildman–Crippen LogP) is 4.35. The summed E-state index contributed by atoms with van der Waals surface area (Å²) in [5.41, 5.74) is 5.37. The Bertz CT molecular complexity index is 540. The Kier molecular flexibility index (Phi) is 3.51. The zero-order valence-electron chi connectivity index (χ0n) is 13.3. The molecule has 0 amide bonds. The van der Waals surface area contributed by atoms with Crippen LogP contribution in [0, 0.1) is 11.8 Å². The van der Waals surface area contributed by atoms with Crippen LogP contribution in [0.5, 0.6) is 0 Å². The second-order valence-corrected chi connectivity index (χ2v) is 6.85. The highest BCUT2D eigenvalue weighted by Gasteiger charge is 2.49. The fourth-order valence-electron chi connectivity index (χ4n) is 4.02. The van der Waals surface area contributed by atoms with Crippen molar-refractivity contribution in [3.05, 3.63) is 22.5 Å². The normalized spacial score (nSPS) is 24.4. The molecule has 1 heterocycles. The number of aromatic nitrogens is 1. The van der Waals surface area contributed by atoms with Crippen LogP contribution in [0.4, 0.5) is 0 Å². The Morgan fingerprint density at radius 2 is 2.15 bits per heavy atom. The fraction of sp³-hybridized carbons (Fsp3) is 0.722. The molecule has 0 radical (unpaired) electrons. The molecule has 3 atom stereocenters. The molecule has 0 spiro atoms. The van der Waals surface area contributed by atoms with E-state index in [-0.39, 0.29) is 5.78 Å². The molecule has 0 saturated heterocycles. The molecule has 20 heavy (non-hydrogen) atoms. The van der Waals surface area contributed by atoms with Crippen molar-refractivity contribution in [2.75, 3.05) is 0 Å². The highest BCUT2D eigenvalue weighted by atomic mass is 16.1. The van der Waals surface area contributed by atoms with E-state index in [0.29, 0.717) is 0 Å². The standard InChI is InChI=1S/C18H27NO/c1-5-11(3)7-8-19-15(6-2)17(12(4)20)18-14-9-13(14)10-16(18)19/h11,13-14H,5-10H2,1-4H3.